The first-order chi connectivity index (χ1) is 17.5. The van der Waals surface area contributed by atoms with Gasteiger partial charge in [-0.15, -0.1) is 0 Å². The van der Waals surface area contributed by atoms with Crippen LogP contribution in [-0.2, 0) is 4.79 Å². The number of amides is 1. The van der Waals surface area contributed by atoms with Gasteiger partial charge in [0.15, 0.2) is 11.6 Å². The molecule has 0 spiro atoms. The number of benzene rings is 2. The van der Waals surface area contributed by atoms with E-state index in [-0.39, 0.29) is 29.8 Å². The lowest BCUT2D eigenvalue weighted by molar-refractivity contribution is -0.121. The number of likely N-dealkylation sites (N-methyl/N-ethyl adjacent to an activating group) is 1. The Balaban J connectivity index is 1.63. The quantitative estimate of drug-likeness (QED) is 0.547. The first-order valence-corrected chi connectivity index (χ1v) is 12.9. The highest BCUT2D eigenvalue weighted by molar-refractivity contribution is 5.96. The van der Waals surface area contributed by atoms with Crippen LogP contribution in [0.2, 0.25) is 0 Å². The van der Waals surface area contributed by atoms with E-state index < -0.39 is 5.82 Å². The smallest absolute Gasteiger partial charge is 0.239 e. The minimum Gasteiger partial charge on any atom is -0.494 e. The van der Waals surface area contributed by atoms with Crippen LogP contribution in [0.4, 0.5) is 21.5 Å². The highest BCUT2D eigenvalue weighted by atomic mass is 19.1. The summed E-state index contributed by atoms with van der Waals surface area (Å²) in [7, 11) is 3.61. The number of nitrogen functional groups attached to an aromatic ring is 1. The van der Waals surface area contributed by atoms with E-state index in [4.69, 9.17) is 10.5 Å². The highest BCUT2D eigenvalue weighted by Gasteiger charge is 2.41. The lowest BCUT2D eigenvalue weighted by Gasteiger charge is -2.30. The SMILES string of the molecule is COc1cc(C2=C(C)[C@H]2N(CC(=O)NC(C)(C)C)c2ccc(N3CCCN(C)CC3)cc2N)ccc1F. The van der Waals surface area contributed by atoms with Crippen molar-refractivity contribution in [3.8, 4) is 5.75 Å². The van der Waals surface area contributed by atoms with Crippen molar-refractivity contribution < 1.29 is 13.9 Å². The van der Waals surface area contributed by atoms with E-state index in [1.807, 2.05) is 39.8 Å². The minimum atomic E-state index is -0.400. The normalized spacial score (nSPS) is 18.5. The van der Waals surface area contributed by atoms with E-state index in [9.17, 15) is 9.18 Å². The van der Waals surface area contributed by atoms with Crippen LogP contribution < -0.4 is 25.6 Å². The molecule has 0 saturated carbocycles. The summed E-state index contributed by atoms with van der Waals surface area (Å²) in [6.45, 7) is 12.1. The third kappa shape index (κ3) is 6.18. The molecule has 2 aromatic carbocycles. The van der Waals surface area contributed by atoms with Gasteiger partial charge in [-0.1, -0.05) is 6.07 Å². The van der Waals surface area contributed by atoms with Crippen LogP contribution in [-0.4, -0.2) is 69.3 Å². The average molecular weight is 510 g/mol. The summed E-state index contributed by atoms with van der Waals surface area (Å²) in [6.07, 6.45) is 1.10. The molecule has 4 rings (SSSR count). The van der Waals surface area contributed by atoms with Gasteiger partial charge in [-0.05, 0) is 94.7 Å². The minimum absolute atomic E-state index is 0.0812. The standard InChI is InChI=1S/C29H40FN5O2/c1-19-27(20-8-10-22(30)25(16-20)37-6)28(19)35(18-26(36)32-29(2,3)4)24-11-9-21(17-23(24)31)34-13-7-12-33(5)14-15-34/h8-11,16-17,28H,7,12-15,18,31H2,1-6H3,(H,32,36)/t28-/m1/s1. The van der Waals surface area contributed by atoms with Crippen molar-refractivity contribution >= 4 is 28.5 Å². The van der Waals surface area contributed by atoms with Gasteiger partial charge in [0.2, 0.25) is 5.91 Å². The second kappa shape index (κ2) is 10.6. The van der Waals surface area contributed by atoms with Crippen molar-refractivity contribution in [3.05, 3.63) is 53.4 Å². The topological polar surface area (TPSA) is 74.1 Å². The Kier molecular flexibility index (Phi) is 7.69. The Morgan fingerprint density at radius 1 is 1.16 bits per heavy atom. The predicted molar refractivity (Wildman–Crippen MR) is 150 cm³/mol. The fraction of sp³-hybridized carbons (Fsp3) is 0.483. The zero-order chi connectivity index (χ0) is 26.9. The van der Waals surface area contributed by atoms with Crippen LogP contribution in [0.25, 0.3) is 5.57 Å². The van der Waals surface area contributed by atoms with Gasteiger partial charge in [-0.25, -0.2) is 4.39 Å². The molecule has 1 atom stereocenters. The van der Waals surface area contributed by atoms with Crippen molar-refractivity contribution in [1.29, 1.82) is 0 Å². The van der Waals surface area contributed by atoms with E-state index in [0.717, 1.165) is 60.7 Å². The molecule has 1 amide bonds. The highest BCUT2D eigenvalue weighted by Crippen LogP contribution is 2.47. The number of halogens is 1. The van der Waals surface area contributed by atoms with E-state index >= 15 is 0 Å². The predicted octanol–water partition coefficient (Wildman–Crippen LogP) is 4.14. The number of nitrogens with one attached hydrogen (secondary N) is 1. The zero-order valence-corrected chi connectivity index (χ0v) is 22.9. The summed E-state index contributed by atoms with van der Waals surface area (Å²) in [6, 6.07) is 10.9. The van der Waals surface area contributed by atoms with Gasteiger partial charge < -0.3 is 30.5 Å². The molecule has 3 N–H and O–H groups in total. The van der Waals surface area contributed by atoms with Gasteiger partial charge in [0.25, 0.3) is 0 Å². The molecule has 1 fully saturated rings. The maximum absolute atomic E-state index is 14.1. The van der Waals surface area contributed by atoms with Gasteiger partial charge in [-0.2, -0.15) is 0 Å². The largest absolute Gasteiger partial charge is 0.494 e. The number of carbonyl (C=O) groups excluding carboxylic acids is 1. The number of nitrogens with two attached hydrogens (primary N) is 1. The van der Waals surface area contributed by atoms with Crippen LogP contribution in [0.1, 0.15) is 39.7 Å². The van der Waals surface area contributed by atoms with Gasteiger partial charge in [-0.3, -0.25) is 4.79 Å². The summed E-state index contributed by atoms with van der Waals surface area (Å²) in [5.74, 6) is -0.280. The first kappa shape index (κ1) is 26.8. The van der Waals surface area contributed by atoms with Crippen LogP contribution >= 0.6 is 0 Å². The summed E-state index contributed by atoms with van der Waals surface area (Å²) < 4.78 is 19.3. The number of methoxy groups -OCH3 is 1. The van der Waals surface area contributed by atoms with Gasteiger partial charge in [0.05, 0.1) is 31.1 Å². The van der Waals surface area contributed by atoms with Gasteiger partial charge in [0, 0.05) is 30.9 Å². The second-order valence-electron chi connectivity index (χ2n) is 11.2. The van der Waals surface area contributed by atoms with Crippen molar-refractivity contribution in [2.45, 2.75) is 45.7 Å². The Hall–Kier alpha value is -3.26. The number of ether oxygens (including phenoxy) is 1. The molecule has 2 aromatic rings. The second-order valence-corrected chi connectivity index (χ2v) is 11.2. The Morgan fingerprint density at radius 3 is 2.59 bits per heavy atom. The fourth-order valence-corrected chi connectivity index (χ4v) is 5.15. The van der Waals surface area contributed by atoms with Crippen molar-refractivity contribution in [3.63, 3.8) is 0 Å². The van der Waals surface area contributed by atoms with Crippen LogP contribution in [0, 0.1) is 5.82 Å². The Bertz CT molecular complexity index is 1190. The third-order valence-corrected chi connectivity index (χ3v) is 7.03. The molecular formula is C29H40FN5O2. The summed E-state index contributed by atoms with van der Waals surface area (Å²) in [4.78, 5) is 19.8. The summed E-state index contributed by atoms with van der Waals surface area (Å²) in [5, 5.41) is 3.07. The molecule has 37 heavy (non-hydrogen) atoms. The van der Waals surface area contributed by atoms with Gasteiger partial charge >= 0.3 is 0 Å². The first-order valence-electron chi connectivity index (χ1n) is 12.9. The molecular weight excluding hydrogens is 469 g/mol. The van der Waals surface area contributed by atoms with Crippen molar-refractivity contribution in [2.75, 3.05) is 62.4 Å². The number of anilines is 3. The molecule has 7 nitrogen and oxygen atoms in total. The lowest BCUT2D eigenvalue weighted by Crippen LogP contribution is -2.47. The maximum atomic E-state index is 14.1. The molecule has 0 unspecified atom stereocenters. The number of hydrogen-bond donors (Lipinski definition) is 2. The van der Waals surface area contributed by atoms with Crippen LogP contribution in [0.3, 0.4) is 0 Å². The van der Waals surface area contributed by atoms with E-state index in [2.05, 4.69) is 33.1 Å². The van der Waals surface area contributed by atoms with Crippen molar-refractivity contribution in [2.24, 2.45) is 0 Å². The van der Waals surface area contributed by atoms with Crippen LogP contribution in [0.15, 0.2) is 42.0 Å². The molecule has 1 aliphatic heterocycles. The maximum Gasteiger partial charge on any atom is 0.239 e. The molecule has 0 radical (unpaired) electrons. The molecule has 0 bridgehead atoms. The van der Waals surface area contributed by atoms with Gasteiger partial charge in [0.1, 0.15) is 0 Å². The molecule has 1 saturated heterocycles. The number of hydrogen-bond acceptors (Lipinski definition) is 6. The molecule has 2 aliphatic rings. The fourth-order valence-electron chi connectivity index (χ4n) is 5.15. The Morgan fingerprint density at radius 2 is 1.92 bits per heavy atom. The lowest BCUT2D eigenvalue weighted by atomic mass is 10.1. The molecule has 0 aromatic heterocycles. The zero-order valence-electron chi connectivity index (χ0n) is 22.9. The van der Waals surface area contributed by atoms with Crippen molar-refractivity contribution in [1.82, 2.24) is 10.2 Å². The van der Waals surface area contributed by atoms with E-state index in [0.29, 0.717) is 5.69 Å². The summed E-state index contributed by atoms with van der Waals surface area (Å²) in [5.41, 5.74) is 11.9. The number of rotatable bonds is 7. The number of carbonyl (C=O) groups is 1. The summed E-state index contributed by atoms with van der Waals surface area (Å²) >= 11 is 0. The number of nitrogens with zero attached hydrogens (tertiary/aromatic N) is 3. The average Bonchev–Trinajstić information content (AvgIpc) is 3.54. The molecule has 200 valence electrons. The molecule has 1 heterocycles. The third-order valence-electron chi connectivity index (χ3n) is 7.03. The Labute approximate surface area is 220 Å². The monoisotopic (exact) mass is 509 g/mol. The molecule has 1 aliphatic carbocycles. The van der Waals surface area contributed by atoms with E-state index in [1.54, 1.807) is 12.1 Å². The van der Waals surface area contributed by atoms with E-state index in [1.165, 1.54) is 13.2 Å². The van der Waals surface area contributed by atoms with Crippen LogP contribution in [0.5, 0.6) is 5.75 Å². The molecule has 8 heteroatoms.